The fraction of sp³-hybridized carbons (Fsp3) is 0.909. The molecule has 0 aromatic heterocycles. The first-order chi connectivity index (χ1) is 11.7. The summed E-state index contributed by atoms with van der Waals surface area (Å²) in [4.78, 5) is 0. The summed E-state index contributed by atoms with van der Waals surface area (Å²) in [7, 11) is 9.78. The summed E-state index contributed by atoms with van der Waals surface area (Å²) in [5.41, 5.74) is 0.728. The Hall–Kier alpha value is 1.29. The molecule has 0 aromatic carbocycles. The molecule has 5 aliphatic carbocycles. The van der Waals surface area contributed by atoms with Crippen molar-refractivity contribution in [2.75, 3.05) is 0 Å². The van der Waals surface area contributed by atoms with E-state index in [-0.39, 0.29) is 0 Å². The predicted molar refractivity (Wildman–Crippen MR) is 108 cm³/mol. The summed E-state index contributed by atoms with van der Waals surface area (Å²) in [6.07, 6.45) is 7.82. The summed E-state index contributed by atoms with van der Waals surface area (Å²) in [6, 6.07) is 0. The van der Waals surface area contributed by atoms with Crippen molar-refractivity contribution in [3.8, 4) is 0 Å². The molecule has 0 spiro atoms. The molecule has 0 saturated heterocycles. The van der Waals surface area contributed by atoms with Gasteiger partial charge in [0.1, 0.15) is 0 Å². The summed E-state index contributed by atoms with van der Waals surface area (Å²) < 4.78 is 0. The molecule has 0 aromatic rings. The fourth-order valence-corrected chi connectivity index (χ4v) is 6.38. The van der Waals surface area contributed by atoms with Gasteiger partial charge < -0.3 is 0 Å². The van der Waals surface area contributed by atoms with Crippen LogP contribution in [0.3, 0.4) is 0 Å². The average molecular weight is 421 g/mol. The molecule has 5 fully saturated rings. The molecule has 25 heavy (non-hydrogen) atoms. The van der Waals surface area contributed by atoms with E-state index in [1.807, 2.05) is 0 Å². The van der Waals surface area contributed by atoms with Crippen LogP contribution in [0.1, 0.15) is 80.6 Å². The molecule has 0 amide bonds. The molecule has 0 nitrogen and oxygen atoms in total. The fourth-order valence-electron chi connectivity index (χ4n) is 6.38. The van der Waals surface area contributed by atoms with Crippen molar-refractivity contribution in [1.82, 2.24) is 0 Å². The molecule has 6 unspecified atom stereocenters. The zero-order chi connectivity index (χ0) is 18.9. The maximum absolute atomic E-state index is 4.89. The molecular weight excluding hydrogens is 383 g/mol. The van der Waals surface area contributed by atoms with Gasteiger partial charge in [-0.05, 0) is 77.9 Å². The zero-order valence-corrected chi connectivity index (χ0v) is 20.4. The van der Waals surface area contributed by atoms with Crippen LogP contribution in [0.25, 0.3) is 0 Å². The van der Waals surface area contributed by atoms with Crippen LogP contribution in [0.2, 0.25) is 0 Å². The van der Waals surface area contributed by atoms with Gasteiger partial charge in [-0.1, -0.05) is 61.3 Å². The molecule has 3 heteroatoms. The third-order valence-corrected chi connectivity index (χ3v) is 8.93. The van der Waals surface area contributed by atoms with Crippen LogP contribution in [0, 0.1) is 58.7 Å². The minimum absolute atomic E-state index is 0.556. The van der Waals surface area contributed by atoms with E-state index in [1.165, 1.54) is 6.42 Å². The SMILES string of the molecule is CC1(C)C2CC3CCCC3C1C2.C[C]1[C](C)C(C)C(C)C1C.[Cl][Ti][Cl]. The van der Waals surface area contributed by atoms with Crippen molar-refractivity contribution >= 4 is 18.6 Å². The molecule has 0 heterocycles. The van der Waals surface area contributed by atoms with Crippen molar-refractivity contribution in [3.63, 3.8) is 0 Å². The molecule has 5 saturated carbocycles. The van der Waals surface area contributed by atoms with Crippen molar-refractivity contribution < 1.29 is 17.0 Å². The Labute approximate surface area is 174 Å². The van der Waals surface area contributed by atoms with Crippen LogP contribution >= 0.6 is 18.6 Å². The first-order valence-electron chi connectivity index (χ1n) is 10.3. The monoisotopic (exact) mass is 420 g/mol. The Morgan fingerprint density at radius 3 is 1.84 bits per heavy atom. The quantitative estimate of drug-likeness (QED) is 0.348. The van der Waals surface area contributed by atoms with Crippen LogP contribution < -0.4 is 0 Å². The van der Waals surface area contributed by atoms with Gasteiger partial charge in [0, 0.05) is 0 Å². The van der Waals surface area contributed by atoms with Gasteiger partial charge in [-0.3, -0.25) is 0 Å². The Morgan fingerprint density at radius 2 is 1.44 bits per heavy atom. The van der Waals surface area contributed by atoms with E-state index < -0.39 is 17.0 Å². The third-order valence-electron chi connectivity index (χ3n) is 8.93. The standard InChI is InChI=1S/C12H20.C10H18.2ClH.Ti/c1-12(2)9-6-8-4-3-5-10(8)11(12)7-9;1-6-7(2)9(4)10(5)8(6)3;;;/h8-11H,3-7H2,1-2H3;6-8H,1-5H3;2*1H;/q;;;;+2/p-2. The van der Waals surface area contributed by atoms with Crippen molar-refractivity contribution in [3.05, 3.63) is 11.8 Å². The first kappa shape index (κ1) is 22.6. The van der Waals surface area contributed by atoms with E-state index in [2.05, 4.69) is 48.5 Å². The first-order valence-corrected chi connectivity index (χ1v) is 14.6. The molecule has 5 rings (SSSR count). The van der Waals surface area contributed by atoms with E-state index in [0.29, 0.717) is 0 Å². The number of halogens is 2. The summed E-state index contributed by atoms with van der Waals surface area (Å²) in [5, 5.41) is 0. The van der Waals surface area contributed by atoms with Crippen LogP contribution in [0.5, 0.6) is 0 Å². The average Bonchev–Trinajstić information content (AvgIpc) is 3.13. The van der Waals surface area contributed by atoms with E-state index >= 15 is 0 Å². The van der Waals surface area contributed by atoms with Gasteiger partial charge in [-0.25, -0.2) is 0 Å². The molecule has 5 aliphatic rings. The van der Waals surface area contributed by atoms with Crippen molar-refractivity contribution in [1.29, 1.82) is 0 Å². The van der Waals surface area contributed by atoms with Crippen LogP contribution in [-0.2, 0) is 17.0 Å². The topological polar surface area (TPSA) is 0 Å². The van der Waals surface area contributed by atoms with Gasteiger partial charge in [0.2, 0.25) is 0 Å². The van der Waals surface area contributed by atoms with E-state index in [0.717, 1.165) is 46.8 Å². The molecule has 2 radical (unpaired) electrons. The summed E-state index contributed by atoms with van der Waals surface area (Å²) in [6.45, 7) is 16.6. The van der Waals surface area contributed by atoms with Crippen LogP contribution in [0.15, 0.2) is 0 Å². The van der Waals surface area contributed by atoms with Gasteiger partial charge in [0.05, 0.1) is 0 Å². The Bertz CT molecular complexity index is 379. The second-order valence-corrected chi connectivity index (χ2v) is 12.4. The predicted octanol–water partition coefficient (Wildman–Crippen LogP) is 7.94. The summed E-state index contributed by atoms with van der Waals surface area (Å²) in [5.74, 6) is 10.3. The molecule has 2 bridgehead atoms. The maximum atomic E-state index is 4.89. The second kappa shape index (κ2) is 9.19. The second-order valence-electron chi connectivity index (χ2n) is 9.82. The molecule has 0 N–H and O–H groups in total. The Kier molecular flexibility index (Phi) is 8.31. The van der Waals surface area contributed by atoms with Gasteiger partial charge in [-0.2, -0.15) is 0 Å². The molecule has 144 valence electrons. The van der Waals surface area contributed by atoms with E-state index in [4.69, 9.17) is 18.6 Å². The number of hydrogen-bond acceptors (Lipinski definition) is 0. The number of hydrogen-bond donors (Lipinski definition) is 0. The van der Waals surface area contributed by atoms with Crippen molar-refractivity contribution in [2.45, 2.75) is 80.6 Å². The third kappa shape index (κ3) is 4.49. The Balaban J connectivity index is 0.000000159. The van der Waals surface area contributed by atoms with Gasteiger partial charge in [-0.15, -0.1) is 0 Å². The number of rotatable bonds is 0. The zero-order valence-electron chi connectivity index (χ0n) is 17.3. The summed E-state index contributed by atoms with van der Waals surface area (Å²) >= 11 is -0.556. The molecule has 0 aliphatic heterocycles. The van der Waals surface area contributed by atoms with Crippen molar-refractivity contribution in [2.24, 2.45) is 46.8 Å². The van der Waals surface area contributed by atoms with Gasteiger partial charge in [0.25, 0.3) is 0 Å². The molecular formula is C22H38Cl2Ti. The van der Waals surface area contributed by atoms with Gasteiger partial charge in [0.15, 0.2) is 0 Å². The normalized spacial score (nSPS) is 44.6. The van der Waals surface area contributed by atoms with Gasteiger partial charge >= 0.3 is 35.6 Å². The molecule has 6 atom stereocenters. The van der Waals surface area contributed by atoms with Crippen LogP contribution in [-0.4, -0.2) is 0 Å². The minimum atomic E-state index is -0.556. The Morgan fingerprint density at radius 1 is 0.920 bits per heavy atom. The van der Waals surface area contributed by atoms with Crippen LogP contribution in [0.4, 0.5) is 0 Å². The van der Waals surface area contributed by atoms with E-state index in [9.17, 15) is 0 Å². The van der Waals surface area contributed by atoms with E-state index in [1.54, 1.807) is 37.5 Å².